The van der Waals surface area contributed by atoms with E-state index in [1.165, 1.54) is 24.3 Å². The molecule has 33 heavy (non-hydrogen) atoms. The maximum Gasteiger partial charge on any atom is 0.371 e. The van der Waals surface area contributed by atoms with Crippen LogP contribution in [0, 0.1) is 5.82 Å². The zero-order valence-electron chi connectivity index (χ0n) is 17.7. The van der Waals surface area contributed by atoms with Gasteiger partial charge in [-0.1, -0.05) is 42.5 Å². The Balaban J connectivity index is 1.77. The van der Waals surface area contributed by atoms with Crippen molar-refractivity contribution >= 4 is 5.97 Å². The molecule has 2 heterocycles. The number of hydrogen-bond donors (Lipinski definition) is 1. The van der Waals surface area contributed by atoms with Gasteiger partial charge in [0.05, 0.1) is 0 Å². The van der Waals surface area contributed by atoms with Gasteiger partial charge in [-0.25, -0.2) is 9.18 Å². The highest BCUT2D eigenvalue weighted by Crippen LogP contribution is 2.35. The molecule has 0 amide bonds. The van der Waals surface area contributed by atoms with Crippen LogP contribution in [0.15, 0.2) is 69.9 Å². The van der Waals surface area contributed by atoms with Gasteiger partial charge in [0.2, 0.25) is 16.9 Å². The number of hydrogen-bond acceptors (Lipinski definition) is 6. The minimum absolute atomic E-state index is 0.0566. The van der Waals surface area contributed by atoms with Crippen LogP contribution in [-0.4, -0.2) is 24.0 Å². The standard InChI is InChI=1S/C25H23FO7/c26-18-11-9-17(10-12-18)22(33-21-8-4-5-13-30-21)24-23(19(27)14-20(32-24)25(28)29)31-15-16-6-2-1-3-7-16/h1-3,6-7,9-12,14,21-22H,4-5,8,13,15H2,(H,28,29). The summed E-state index contributed by atoms with van der Waals surface area (Å²) in [6.07, 6.45) is 0.745. The molecule has 0 spiro atoms. The molecule has 1 aromatic heterocycles. The van der Waals surface area contributed by atoms with E-state index in [1.54, 1.807) is 0 Å². The van der Waals surface area contributed by atoms with E-state index in [0.717, 1.165) is 24.5 Å². The van der Waals surface area contributed by atoms with Gasteiger partial charge in [-0.05, 0) is 42.5 Å². The third-order valence-corrected chi connectivity index (χ3v) is 5.20. The average molecular weight is 454 g/mol. The first-order valence-electron chi connectivity index (χ1n) is 10.6. The summed E-state index contributed by atoms with van der Waals surface area (Å²) in [5.74, 6) is -2.70. The Hall–Kier alpha value is -3.49. The van der Waals surface area contributed by atoms with Crippen LogP contribution in [0.3, 0.4) is 0 Å². The Kier molecular flexibility index (Phi) is 7.16. The summed E-state index contributed by atoms with van der Waals surface area (Å²) in [5, 5.41) is 9.45. The van der Waals surface area contributed by atoms with Crippen LogP contribution in [-0.2, 0) is 16.1 Å². The Bertz CT molecular complexity index is 1140. The van der Waals surface area contributed by atoms with E-state index in [1.807, 2.05) is 30.3 Å². The average Bonchev–Trinajstić information content (AvgIpc) is 2.83. The Morgan fingerprint density at radius 3 is 2.55 bits per heavy atom. The lowest BCUT2D eigenvalue weighted by Gasteiger charge is -2.28. The summed E-state index contributed by atoms with van der Waals surface area (Å²) in [6.45, 7) is 0.568. The van der Waals surface area contributed by atoms with Crippen molar-refractivity contribution in [1.82, 2.24) is 0 Å². The van der Waals surface area contributed by atoms with E-state index in [-0.39, 0.29) is 18.1 Å². The Morgan fingerprint density at radius 1 is 1.12 bits per heavy atom. The van der Waals surface area contributed by atoms with Crippen molar-refractivity contribution in [3.8, 4) is 5.75 Å². The number of carboxylic acids is 1. The number of halogens is 1. The van der Waals surface area contributed by atoms with Gasteiger partial charge < -0.3 is 23.7 Å². The summed E-state index contributed by atoms with van der Waals surface area (Å²) in [6, 6.07) is 15.5. The molecule has 1 fully saturated rings. The van der Waals surface area contributed by atoms with E-state index in [2.05, 4.69) is 0 Å². The fourth-order valence-electron chi connectivity index (χ4n) is 3.55. The fourth-order valence-corrected chi connectivity index (χ4v) is 3.55. The molecule has 2 aromatic carbocycles. The van der Waals surface area contributed by atoms with Crippen molar-refractivity contribution in [2.75, 3.05) is 6.61 Å². The molecule has 1 saturated heterocycles. The van der Waals surface area contributed by atoms with Crippen molar-refractivity contribution in [3.05, 3.63) is 99.4 Å². The van der Waals surface area contributed by atoms with E-state index in [4.69, 9.17) is 18.6 Å². The molecular weight excluding hydrogens is 431 g/mol. The van der Waals surface area contributed by atoms with E-state index < -0.39 is 35.4 Å². The predicted molar refractivity (Wildman–Crippen MR) is 116 cm³/mol. The molecule has 0 bridgehead atoms. The van der Waals surface area contributed by atoms with Crippen LogP contribution in [0.1, 0.15) is 52.8 Å². The van der Waals surface area contributed by atoms with E-state index in [0.29, 0.717) is 18.6 Å². The number of ether oxygens (including phenoxy) is 3. The summed E-state index contributed by atoms with van der Waals surface area (Å²) >= 11 is 0. The number of carboxylic acid groups (broad SMARTS) is 1. The molecule has 1 aliphatic rings. The van der Waals surface area contributed by atoms with Crippen molar-refractivity contribution in [2.45, 2.75) is 38.3 Å². The first-order valence-corrected chi connectivity index (χ1v) is 10.6. The van der Waals surface area contributed by atoms with Crippen molar-refractivity contribution in [1.29, 1.82) is 0 Å². The molecule has 7 nitrogen and oxygen atoms in total. The van der Waals surface area contributed by atoms with E-state index >= 15 is 0 Å². The molecule has 0 aliphatic carbocycles. The second kappa shape index (κ2) is 10.4. The normalized spacial score (nSPS) is 16.8. The first kappa shape index (κ1) is 22.7. The topological polar surface area (TPSA) is 95.2 Å². The number of carbonyl (C=O) groups is 1. The number of rotatable bonds is 8. The number of aromatic carboxylic acids is 1. The van der Waals surface area contributed by atoms with Gasteiger partial charge >= 0.3 is 5.97 Å². The maximum absolute atomic E-state index is 13.6. The number of benzene rings is 2. The van der Waals surface area contributed by atoms with E-state index in [9.17, 15) is 19.1 Å². The molecule has 0 saturated carbocycles. The maximum atomic E-state index is 13.6. The van der Waals surface area contributed by atoms with Crippen molar-refractivity contribution < 1.29 is 32.9 Å². The minimum atomic E-state index is -1.41. The summed E-state index contributed by atoms with van der Waals surface area (Å²) in [4.78, 5) is 24.5. The smallest absolute Gasteiger partial charge is 0.371 e. The lowest BCUT2D eigenvalue weighted by atomic mass is 10.1. The molecule has 1 aliphatic heterocycles. The zero-order chi connectivity index (χ0) is 23.2. The zero-order valence-corrected chi connectivity index (χ0v) is 17.7. The molecule has 172 valence electrons. The molecule has 0 radical (unpaired) electrons. The Labute approximate surface area is 189 Å². The molecular formula is C25H23FO7. The van der Waals surface area contributed by atoms with Gasteiger partial charge in [-0.2, -0.15) is 0 Å². The molecule has 1 N–H and O–H groups in total. The third-order valence-electron chi connectivity index (χ3n) is 5.20. The van der Waals surface area contributed by atoms with Crippen LogP contribution in [0.2, 0.25) is 0 Å². The van der Waals surface area contributed by atoms with Gasteiger partial charge in [-0.15, -0.1) is 0 Å². The fraction of sp³-hybridized carbons (Fsp3) is 0.280. The largest absolute Gasteiger partial charge is 0.482 e. The third kappa shape index (κ3) is 5.66. The second-order valence-electron chi connectivity index (χ2n) is 7.61. The lowest BCUT2D eigenvalue weighted by molar-refractivity contribution is -0.185. The Morgan fingerprint density at radius 2 is 1.88 bits per heavy atom. The highest BCUT2D eigenvalue weighted by molar-refractivity contribution is 5.84. The molecule has 2 atom stereocenters. The predicted octanol–water partition coefficient (Wildman–Crippen LogP) is 4.69. The van der Waals surface area contributed by atoms with Crippen LogP contribution in [0.4, 0.5) is 4.39 Å². The molecule has 8 heteroatoms. The van der Waals surface area contributed by atoms with Gasteiger partial charge in [0.1, 0.15) is 18.5 Å². The van der Waals surface area contributed by atoms with Gasteiger partial charge in [0, 0.05) is 12.7 Å². The second-order valence-corrected chi connectivity index (χ2v) is 7.61. The minimum Gasteiger partial charge on any atom is -0.482 e. The monoisotopic (exact) mass is 454 g/mol. The first-order chi connectivity index (χ1) is 16.0. The summed E-state index contributed by atoms with van der Waals surface area (Å²) in [7, 11) is 0. The van der Waals surface area contributed by atoms with Gasteiger partial charge in [-0.3, -0.25) is 4.79 Å². The highest BCUT2D eigenvalue weighted by Gasteiger charge is 2.30. The van der Waals surface area contributed by atoms with Gasteiger partial charge in [0.15, 0.2) is 12.1 Å². The summed E-state index contributed by atoms with van der Waals surface area (Å²) in [5.41, 5.74) is 0.603. The SMILES string of the molecule is O=C(O)c1cc(=O)c(OCc2ccccc2)c(C(OC2CCCCO2)c2ccc(F)cc2)o1. The quantitative estimate of drug-likeness (QED) is 0.528. The van der Waals surface area contributed by atoms with Crippen molar-refractivity contribution in [2.24, 2.45) is 0 Å². The van der Waals surface area contributed by atoms with Crippen LogP contribution < -0.4 is 10.2 Å². The van der Waals surface area contributed by atoms with Gasteiger partial charge in [0.25, 0.3) is 0 Å². The summed E-state index contributed by atoms with van der Waals surface area (Å²) < 4.78 is 36.8. The van der Waals surface area contributed by atoms with Crippen LogP contribution in [0.5, 0.6) is 5.75 Å². The highest BCUT2D eigenvalue weighted by atomic mass is 19.1. The lowest BCUT2D eigenvalue weighted by Crippen LogP contribution is -2.26. The molecule has 2 unspecified atom stereocenters. The van der Waals surface area contributed by atoms with Crippen molar-refractivity contribution in [3.63, 3.8) is 0 Å². The van der Waals surface area contributed by atoms with Crippen LogP contribution in [0.25, 0.3) is 0 Å². The molecule has 3 aromatic rings. The van der Waals surface area contributed by atoms with Crippen LogP contribution >= 0.6 is 0 Å². The molecule has 4 rings (SSSR count).